The van der Waals surface area contributed by atoms with Crippen molar-refractivity contribution < 1.29 is 14.3 Å². The number of fused-ring (bicyclic) bond motifs is 2. The minimum absolute atomic E-state index is 0.0305. The third kappa shape index (κ3) is 3.35. The van der Waals surface area contributed by atoms with E-state index < -0.39 is 0 Å². The van der Waals surface area contributed by atoms with Gasteiger partial charge in [-0.05, 0) is 36.6 Å². The molecule has 6 heteroatoms. The van der Waals surface area contributed by atoms with Crippen LogP contribution in [-0.4, -0.2) is 29.0 Å². The van der Waals surface area contributed by atoms with Crippen molar-refractivity contribution in [1.29, 1.82) is 0 Å². The van der Waals surface area contributed by atoms with Gasteiger partial charge in [-0.2, -0.15) is 5.10 Å². The lowest BCUT2D eigenvalue weighted by molar-refractivity contribution is -0.121. The number of amides is 1. The van der Waals surface area contributed by atoms with E-state index >= 15 is 0 Å². The molecule has 0 bridgehead atoms. The number of para-hydroxylation sites is 1. The molecule has 1 aromatic heterocycles. The number of carbonyl (C=O) groups is 1. The number of carbonyl (C=O) groups excluding carboxylic acids is 1. The standard InChI is InChI=1S/C20H21N3O3/c1-14-3-2-4-16-12-22-23(20(14)16)10-8-19(24)21-9-7-15-5-6-17-18(11-15)26-13-25-17/h2-6,11-12H,7-10,13H2,1H3,(H,21,24). The van der Waals surface area contributed by atoms with E-state index in [4.69, 9.17) is 9.47 Å². The van der Waals surface area contributed by atoms with Crippen LogP contribution in [0.3, 0.4) is 0 Å². The van der Waals surface area contributed by atoms with Crippen molar-refractivity contribution >= 4 is 16.8 Å². The van der Waals surface area contributed by atoms with Crippen molar-refractivity contribution in [2.45, 2.75) is 26.3 Å². The fraction of sp³-hybridized carbons (Fsp3) is 0.300. The molecule has 0 saturated carbocycles. The highest BCUT2D eigenvalue weighted by molar-refractivity contribution is 5.82. The minimum atomic E-state index is 0.0305. The molecule has 4 rings (SSSR count). The molecule has 0 fully saturated rings. The molecule has 1 N–H and O–H groups in total. The van der Waals surface area contributed by atoms with Gasteiger partial charge in [-0.15, -0.1) is 0 Å². The van der Waals surface area contributed by atoms with Crippen LogP contribution in [0.1, 0.15) is 17.5 Å². The zero-order chi connectivity index (χ0) is 17.9. The number of ether oxygens (including phenoxy) is 2. The first-order valence-corrected chi connectivity index (χ1v) is 8.77. The summed E-state index contributed by atoms with van der Waals surface area (Å²) in [6, 6.07) is 12.0. The molecule has 6 nitrogen and oxygen atoms in total. The molecule has 1 amide bonds. The number of hydrogen-bond acceptors (Lipinski definition) is 4. The Labute approximate surface area is 151 Å². The molecule has 1 aliphatic rings. The quantitative estimate of drug-likeness (QED) is 0.742. The predicted octanol–water partition coefficient (Wildman–Crippen LogP) is 2.82. The van der Waals surface area contributed by atoms with Crippen LogP contribution in [0.5, 0.6) is 11.5 Å². The number of aromatic nitrogens is 2. The highest BCUT2D eigenvalue weighted by Crippen LogP contribution is 2.32. The highest BCUT2D eigenvalue weighted by atomic mass is 16.7. The molecule has 2 heterocycles. The van der Waals surface area contributed by atoms with Crippen LogP contribution in [0.15, 0.2) is 42.6 Å². The van der Waals surface area contributed by atoms with Crippen molar-refractivity contribution in [3.63, 3.8) is 0 Å². The largest absolute Gasteiger partial charge is 0.454 e. The predicted molar refractivity (Wildman–Crippen MR) is 98.4 cm³/mol. The summed E-state index contributed by atoms with van der Waals surface area (Å²) in [4.78, 5) is 12.1. The zero-order valence-corrected chi connectivity index (χ0v) is 14.7. The van der Waals surface area contributed by atoms with E-state index in [9.17, 15) is 4.79 Å². The Morgan fingerprint density at radius 2 is 2.12 bits per heavy atom. The van der Waals surface area contributed by atoms with Crippen molar-refractivity contribution in [2.75, 3.05) is 13.3 Å². The molecule has 26 heavy (non-hydrogen) atoms. The van der Waals surface area contributed by atoms with Crippen LogP contribution in [0.4, 0.5) is 0 Å². The summed E-state index contributed by atoms with van der Waals surface area (Å²) < 4.78 is 12.6. The van der Waals surface area contributed by atoms with Crippen molar-refractivity contribution in [1.82, 2.24) is 15.1 Å². The molecule has 0 aliphatic carbocycles. The number of rotatable bonds is 6. The van der Waals surface area contributed by atoms with Gasteiger partial charge in [0.15, 0.2) is 11.5 Å². The average molecular weight is 351 g/mol. The van der Waals surface area contributed by atoms with Crippen LogP contribution >= 0.6 is 0 Å². The Bertz CT molecular complexity index is 949. The first kappa shape index (κ1) is 16.4. The Hall–Kier alpha value is -3.02. The third-order valence-corrected chi connectivity index (χ3v) is 4.59. The van der Waals surface area contributed by atoms with E-state index in [0.717, 1.165) is 34.4 Å². The van der Waals surface area contributed by atoms with Gasteiger partial charge in [0.25, 0.3) is 0 Å². The van der Waals surface area contributed by atoms with E-state index in [1.54, 1.807) is 0 Å². The highest BCUT2D eigenvalue weighted by Gasteiger charge is 2.13. The lowest BCUT2D eigenvalue weighted by Crippen LogP contribution is -2.26. The zero-order valence-electron chi connectivity index (χ0n) is 14.7. The van der Waals surface area contributed by atoms with E-state index in [2.05, 4.69) is 23.4 Å². The molecular formula is C20H21N3O3. The maximum absolute atomic E-state index is 12.1. The van der Waals surface area contributed by atoms with E-state index in [0.29, 0.717) is 19.5 Å². The molecule has 0 radical (unpaired) electrons. The Morgan fingerprint density at radius 1 is 1.23 bits per heavy atom. The lowest BCUT2D eigenvalue weighted by Gasteiger charge is -2.08. The second kappa shape index (κ2) is 7.07. The van der Waals surface area contributed by atoms with E-state index in [1.165, 1.54) is 5.56 Å². The molecule has 1 aliphatic heterocycles. The number of benzene rings is 2. The van der Waals surface area contributed by atoms with Crippen LogP contribution in [0, 0.1) is 6.92 Å². The van der Waals surface area contributed by atoms with E-state index in [-0.39, 0.29) is 12.7 Å². The van der Waals surface area contributed by atoms with Gasteiger partial charge in [-0.25, -0.2) is 0 Å². The van der Waals surface area contributed by atoms with Gasteiger partial charge in [0.05, 0.1) is 18.3 Å². The monoisotopic (exact) mass is 351 g/mol. The second-order valence-corrected chi connectivity index (χ2v) is 6.42. The maximum atomic E-state index is 12.1. The van der Waals surface area contributed by atoms with Gasteiger partial charge in [-0.3, -0.25) is 9.48 Å². The summed E-state index contributed by atoms with van der Waals surface area (Å²) in [5, 5.41) is 8.48. The van der Waals surface area contributed by atoms with Crippen LogP contribution < -0.4 is 14.8 Å². The van der Waals surface area contributed by atoms with Gasteiger partial charge in [-0.1, -0.05) is 24.3 Å². The summed E-state index contributed by atoms with van der Waals surface area (Å²) >= 11 is 0. The Morgan fingerprint density at radius 3 is 3.04 bits per heavy atom. The number of aryl methyl sites for hydroxylation is 2. The minimum Gasteiger partial charge on any atom is -0.454 e. The van der Waals surface area contributed by atoms with Gasteiger partial charge < -0.3 is 14.8 Å². The summed E-state index contributed by atoms with van der Waals surface area (Å²) in [5.41, 5.74) is 3.38. The SMILES string of the molecule is Cc1cccc2cnn(CCC(=O)NCCc3ccc4c(c3)OCO4)c12. The summed E-state index contributed by atoms with van der Waals surface area (Å²) in [6.07, 6.45) is 3.01. The molecule has 3 aromatic rings. The molecule has 0 spiro atoms. The summed E-state index contributed by atoms with van der Waals surface area (Å²) in [5.74, 6) is 1.58. The lowest BCUT2D eigenvalue weighted by atomic mass is 10.1. The number of nitrogens with one attached hydrogen (secondary N) is 1. The van der Waals surface area contributed by atoms with Gasteiger partial charge in [0, 0.05) is 18.4 Å². The molecule has 2 aromatic carbocycles. The van der Waals surface area contributed by atoms with E-state index in [1.807, 2.05) is 41.2 Å². The fourth-order valence-corrected chi connectivity index (χ4v) is 3.24. The second-order valence-electron chi connectivity index (χ2n) is 6.42. The first-order valence-electron chi connectivity index (χ1n) is 8.77. The van der Waals surface area contributed by atoms with Gasteiger partial charge >= 0.3 is 0 Å². The smallest absolute Gasteiger partial charge is 0.231 e. The Balaban J connectivity index is 1.28. The third-order valence-electron chi connectivity index (χ3n) is 4.59. The topological polar surface area (TPSA) is 65.4 Å². The maximum Gasteiger partial charge on any atom is 0.231 e. The molecule has 0 saturated heterocycles. The van der Waals surface area contributed by atoms with Crippen LogP contribution in [0.2, 0.25) is 0 Å². The molecular weight excluding hydrogens is 330 g/mol. The fourth-order valence-electron chi connectivity index (χ4n) is 3.24. The van der Waals surface area contributed by atoms with Crippen LogP contribution in [0.25, 0.3) is 10.9 Å². The number of nitrogens with zero attached hydrogens (tertiary/aromatic N) is 2. The Kier molecular flexibility index (Phi) is 4.48. The molecule has 0 unspecified atom stereocenters. The van der Waals surface area contributed by atoms with Gasteiger partial charge in [0.2, 0.25) is 12.7 Å². The average Bonchev–Trinajstić information content (AvgIpc) is 3.27. The number of hydrogen-bond donors (Lipinski definition) is 1. The molecule has 0 atom stereocenters. The first-order chi connectivity index (χ1) is 12.7. The summed E-state index contributed by atoms with van der Waals surface area (Å²) in [6.45, 7) is 3.50. The summed E-state index contributed by atoms with van der Waals surface area (Å²) in [7, 11) is 0. The van der Waals surface area contributed by atoms with Crippen molar-refractivity contribution in [2.24, 2.45) is 0 Å². The van der Waals surface area contributed by atoms with Gasteiger partial charge in [0.1, 0.15) is 0 Å². The van der Waals surface area contributed by atoms with Crippen LogP contribution in [-0.2, 0) is 17.8 Å². The van der Waals surface area contributed by atoms with Crippen molar-refractivity contribution in [3.8, 4) is 11.5 Å². The molecule has 134 valence electrons. The normalized spacial score (nSPS) is 12.5. The van der Waals surface area contributed by atoms with Crippen molar-refractivity contribution in [3.05, 3.63) is 53.7 Å².